The van der Waals surface area contributed by atoms with E-state index >= 15 is 0 Å². The molecule has 1 amide bonds. The third-order valence-corrected chi connectivity index (χ3v) is 3.26. The summed E-state index contributed by atoms with van der Waals surface area (Å²) in [5.41, 5.74) is -0.991. The number of aliphatic hydroxyl groups is 1. The van der Waals surface area contributed by atoms with Crippen molar-refractivity contribution >= 4 is 6.09 Å². The first-order valence-electron chi connectivity index (χ1n) is 6.24. The lowest BCUT2D eigenvalue weighted by Gasteiger charge is -2.21. The average Bonchev–Trinajstić information content (AvgIpc) is 2.73. The van der Waals surface area contributed by atoms with Crippen LogP contribution in [0.5, 0.6) is 0 Å². The van der Waals surface area contributed by atoms with E-state index in [1.54, 1.807) is 0 Å². The Labute approximate surface area is 102 Å². The zero-order chi connectivity index (χ0) is 12.7. The molecule has 1 aliphatic heterocycles. The topological polar surface area (TPSA) is 70.6 Å². The van der Waals surface area contributed by atoms with E-state index in [1.807, 2.05) is 20.8 Å². The van der Waals surface area contributed by atoms with E-state index in [2.05, 4.69) is 10.6 Å². The average molecular weight is 242 g/mol. The Morgan fingerprint density at radius 1 is 1.47 bits per heavy atom. The van der Waals surface area contributed by atoms with Crippen molar-refractivity contribution in [3.05, 3.63) is 0 Å². The number of hydrogen-bond acceptors (Lipinski definition) is 4. The lowest BCUT2D eigenvalue weighted by atomic mass is 10.1. The van der Waals surface area contributed by atoms with Gasteiger partial charge >= 0.3 is 6.09 Å². The molecular formula is C12H22N2O3. The van der Waals surface area contributed by atoms with Gasteiger partial charge < -0.3 is 20.5 Å². The van der Waals surface area contributed by atoms with Crippen molar-refractivity contribution in [3.63, 3.8) is 0 Å². The molecule has 3 N–H and O–H groups in total. The van der Waals surface area contributed by atoms with Gasteiger partial charge in [0.25, 0.3) is 0 Å². The summed E-state index contributed by atoms with van der Waals surface area (Å²) in [5.74, 6) is 0. The van der Waals surface area contributed by atoms with Gasteiger partial charge in [-0.15, -0.1) is 0 Å². The second-order valence-corrected chi connectivity index (χ2v) is 6.14. The van der Waals surface area contributed by atoms with Crippen molar-refractivity contribution in [2.45, 2.75) is 63.3 Å². The minimum absolute atomic E-state index is 0.0551. The van der Waals surface area contributed by atoms with Crippen molar-refractivity contribution in [3.8, 4) is 0 Å². The molecule has 1 saturated heterocycles. The summed E-state index contributed by atoms with van der Waals surface area (Å²) >= 11 is 0. The van der Waals surface area contributed by atoms with Crippen molar-refractivity contribution in [2.24, 2.45) is 0 Å². The highest BCUT2D eigenvalue weighted by Crippen LogP contribution is 2.41. The van der Waals surface area contributed by atoms with Crippen LogP contribution in [-0.4, -0.2) is 41.0 Å². The van der Waals surface area contributed by atoms with E-state index in [1.165, 1.54) is 0 Å². The number of rotatable bonds is 2. The van der Waals surface area contributed by atoms with Gasteiger partial charge in [-0.25, -0.2) is 4.79 Å². The van der Waals surface area contributed by atoms with Crippen LogP contribution in [0.2, 0.25) is 0 Å². The maximum absolute atomic E-state index is 11.6. The van der Waals surface area contributed by atoms with Crippen LogP contribution in [0.15, 0.2) is 0 Å². The Bertz CT molecular complexity index is 307. The van der Waals surface area contributed by atoms with Crippen molar-refractivity contribution in [2.75, 3.05) is 6.54 Å². The molecule has 0 radical (unpaired) electrons. The highest BCUT2D eigenvalue weighted by Gasteiger charge is 2.50. The summed E-state index contributed by atoms with van der Waals surface area (Å²) in [6.07, 6.45) is 2.12. The lowest BCUT2D eigenvalue weighted by Crippen LogP contribution is -2.40. The minimum atomic E-state index is -0.523. The third-order valence-electron chi connectivity index (χ3n) is 3.26. The van der Waals surface area contributed by atoms with Crippen LogP contribution in [0.4, 0.5) is 4.79 Å². The smallest absolute Gasteiger partial charge is 0.407 e. The third kappa shape index (κ3) is 3.33. The predicted molar refractivity (Wildman–Crippen MR) is 63.7 cm³/mol. The van der Waals surface area contributed by atoms with E-state index in [4.69, 9.17) is 4.74 Å². The monoisotopic (exact) mass is 242 g/mol. The van der Waals surface area contributed by atoms with Crippen LogP contribution in [-0.2, 0) is 4.74 Å². The van der Waals surface area contributed by atoms with Crippen molar-refractivity contribution < 1.29 is 14.6 Å². The van der Waals surface area contributed by atoms with E-state index in [-0.39, 0.29) is 18.2 Å². The van der Waals surface area contributed by atoms with Gasteiger partial charge in [0.05, 0.1) is 5.60 Å². The van der Waals surface area contributed by atoms with Gasteiger partial charge in [-0.3, -0.25) is 0 Å². The molecule has 0 spiro atoms. The molecule has 0 aromatic heterocycles. The molecule has 98 valence electrons. The Morgan fingerprint density at radius 2 is 2.12 bits per heavy atom. The van der Waals surface area contributed by atoms with Gasteiger partial charge in [-0.1, -0.05) is 0 Å². The number of alkyl carbamates (subject to hydrolysis) is 1. The van der Waals surface area contributed by atoms with E-state index in [0.717, 1.165) is 19.3 Å². The fourth-order valence-electron chi connectivity index (χ4n) is 2.21. The Morgan fingerprint density at radius 3 is 2.65 bits per heavy atom. The zero-order valence-corrected chi connectivity index (χ0v) is 10.7. The van der Waals surface area contributed by atoms with Gasteiger partial charge in [-0.05, 0) is 40.0 Å². The molecule has 2 aliphatic rings. The fourth-order valence-corrected chi connectivity index (χ4v) is 2.21. The summed E-state index contributed by atoms with van der Waals surface area (Å²) < 4.78 is 5.20. The maximum atomic E-state index is 11.6. The summed E-state index contributed by atoms with van der Waals surface area (Å²) in [6.45, 7) is 6.23. The SMILES string of the molecule is CC(C)(C)OC(=O)N[C@@H]1CN[C@H](C2(O)CC2)C1. The number of ether oxygens (including phenoxy) is 1. The number of carbonyl (C=O) groups excluding carboxylic acids is 1. The molecule has 17 heavy (non-hydrogen) atoms. The quantitative estimate of drug-likeness (QED) is 0.669. The zero-order valence-electron chi connectivity index (χ0n) is 10.7. The minimum Gasteiger partial charge on any atom is -0.444 e. The maximum Gasteiger partial charge on any atom is 0.407 e. The second-order valence-electron chi connectivity index (χ2n) is 6.14. The van der Waals surface area contributed by atoms with E-state index < -0.39 is 11.2 Å². The molecule has 5 nitrogen and oxygen atoms in total. The van der Waals surface area contributed by atoms with Crippen molar-refractivity contribution in [1.82, 2.24) is 10.6 Å². The number of hydrogen-bond donors (Lipinski definition) is 3. The highest BCUT2D eigenvalue weighted by atomic mass is 16.6. The van der Waals surface area contributed by atoms with E-state index in [9.17, 15) is 9.90 Å². The molecule has 2 atom stereocenters. The molecule has 0 aromatic rings. The van der Waals surface area contributed by atoms with Crippen LogP contribution >= 0.6 is 0 Å². The first-order chi connectivity index (χ1) is 7.78. The molecule has 2 rings (SSSR count). The predicted octanol–water partition coefficient (Wildman–Crippen LogP) is 0.766. The molecule has 1 aliphatic carbocycles. The fraction of sp³-hybridized carbons (Fsp3) is 0.917. The van der Waals surface area contributed by atoms with Crippen LogP contribution in [0.1, 0.15) is 40.0 Å². The Hall–Kier alpha value is -0.810. The Balaban J connectivity index is 1.76. The molecule has 1 saturated carbocycles. The standard InChI is InChI=1S/C12H22N2O3/c1-11(2,3)17-10(15)14-8-6-9(13-7-8)12(16)4-5-12/h8-9,13,16H,4-7H2,1-3H3,(H,14,15)/t8-,9-/m0/s1. The van der Waals surface area contributed by atoms with Gasteiger partial charge in [0.2, 0.25) is 0 Å². The molecule has 0 bridgehead atoms. The summed E-state index contributed by atoms with van der Waals surface area (Å²) in [4.78, 5) is 11.6. The molecule has 5 heteroatoms. The van der Waals surface area contributed by atoms with Crippen LogP contribution in [0, 0.1) is 0 Å². The molecule has 1 heterocycles. The first-order valence-corrected chi connectivity index (χ1v) is 6.24. The lowest BCUT2D eigenvalue weighted by molar-refractivity contribution is 0.0503. The number of nitrogens with one attached hydrogen (secondary N) is 2. The van der Waals surface area contributed by atoms with Crippen LogP contribution < -0.4 is 10.6 Å². The number of carbonyl (C=O) groups is 1. The summed E-state index contributed by atoms with van der Waals surface area (Å²) in [6, 6.07) is 0.168. The van der Waals surface area contributed by atoms with Crippen molar-refractivity contribution in [1.29, 1.82) is 0 Å². The molecule has 2 fully saturated rings. The molecule has 0 aromatic carbocycles. The number of amides is 1. The van der Waals surface area contributed by atoms with Gasteiger partial charge in [0.15, 0.2) is 0 Å². The highest BCUT2D eigenvalue weighted by molar-refractivity contribution is 5.68. The van der Waals surface area contributed by atoms with Crippen LogP contribution in [0.25, 0.3) is 0 Å². The molecular weight excluding hydrogens is 220 g/mol. The van der Waals surface area contributed by atoms with Gasteiger partial charge in [-0.2, -0.15) is 0 Å². The van der Waals surface area contributed by atoms with Gasteiger partial charge in [0.1, 0.15) is 5.60 Å². The second kappa shape index (κ2) is 4.14. The Kier molecular flexibility index (Phi) is 3.08. The normalized spacial score (nSPS) is 31.1. The van der Waals surface area contributed by atoms with Crippen LogP contribution in [0.3, 0.4) is 0 Å². The van der Waals surface area contributed by atoms with Gasteiger partial charge in [0, 0.05) is 18.6 Å². The summed E-state index contributed by atoms with van der Waals surface area (Å²) in [5, 5.41) is 16.0. The molecule has 0 unspecified atom stereocenters. The first kappa shape index (κ1) is 12.6. The largest absolute Gasteiger partial charge is 0.444 e. The van der Waals surface area contributed by atoms with E-state index in [0.29, 0.717) is 6.54 Å². The summed E-state index contributed by atoms with van der Waals surface area (Å²) in [7, 11) is 0.